The van der Waals surface area contributed by atoms with Gasteiger partial charge in [-0.1, -0.05) is 33.6 Å². The fourth-order valence-corrected chi connectivity index (χ4v) is 1.57. The molecule has 0 bridgehead atoms. The van der Waals surface area contributed by atoms with E-state index in [1.54, 1.807) is 0 Å². The van der Waals surface area contributed by atoms with E-state index < -0.39 is 0 Å². The van der Waals surface area contributed by atoms with Crippen molar-refractivity contribution in [1.82, 2.24) is 5.32 Å². The Hall–Kier alpha value is -0.550. The molecule has 0 aliphatic carbocycles. The number of rotatable bonds is 7. The van der Waals surface area contributed by atoms with Gasteiger partial charge in [0.2, 0.25) is 0 Å². The molecular formula is C12H24N2. The van der Waals surface area contributed by atoms with Crippen LogP contribution in [0, 0.1) is 17.2 Å². The average molecular weight is 196 g/mol. The third kappa shape index (κ3) is 4.11. The van der Waals surface area contributed by atoms with Gasteiger partial charge in [0.25, 0.3) is 0 Å². The first kappa shape index (κ1) is 13.4. The summed E-state index contributed by atoms with van der Waals surface area (Å²) in [5, 5.41) is 12.5. The van der Waals surface area contributed by atoms with Crippen LogP contribution in [0.3, 0.4) is 0 Å². The van der Waals surface area contributed by atoms with Crippen molar-refractivity contribution < 1.29 is 0 Å². The van der Waals surface area contributed by atoms with Crippen molar-refractivity contribution in [3.05, 3.63) is 0 Å². The lowest BCUT2D eigenvalue weighted by Crippen LogP contribution is -2.46. The minimum absolute atomic E-state index is 0.342. The van der Waals surface area contributed by atoms with E-state index >= 15 is 0 Å². The topological polar surface area (TPSA) is 35.8 Å². The maximum Gasteiger partial charge on any atom is 0.106 e. The Morgan fingerprint density at radius 2 is 2.00 bits per heavy atom. The van der Waals surface area contributed by atoms with Crippen LogP contribution in [0.5, 0.6) is 0 Å². The minimum atomic E-state index is -0.342. The first-order valence-electron chi connectivity index (χ1n) is 5.77. The van der Waals surface area contributed by atoms with Gasteiger partial charge < -0.3 is 0 Å². The monoisotopic (exact) mass is 196 g/mol. The summed E-state index contributed by atoms with van der Waals surface area (Å²) in [6, 6.07) is 2.41. The highest BCUT2D eigenvalue weighted by molar-refractivity contribution is 5.06. The number of unbranched alkanes of at least 4 members (excludes halogenated alkanes) is 1. The molecule has 2 nitrogen and oxygen atoms in total. The van der Waals surface area contributed by atoms with Gasteiger partial charge >= 0.3 is 0 Å². The molecule has 1 N–H and O–H groups in total. The molecule has 82 valence electrons. The molecule has 0 saturated carbocycles. The Bertz CT molecular complexity index is 183. The summed E-state index contributed by atoms with van der Waals surface area (Å²) in [4.78, 5) is 0. The largest absolute Gasteiger partial charge is 0.299 e. The minimum Gasteiger partial charge on any atom is -0.299 e. The molecule has 2 heteroatoms. The number of nitriles is 1. The van der Waals surface area contributed by atoms with Gasteiger partial charge in [-0.15, -0.1) is 0 Å². The van der Waals surface area contributed by atoms with Gasteiger partial charge in [0, 0.05) is 0 Å². The second-order valence-corrected chi connectivity index (χ2v) is 4.28. The normalized spacial score (nSPS) is 17.1. The maximum atomic E-state index is 9.17. The van der Waals surface area contributed by atoms with E-state index in [4.69, 9.17) is 5.26 Å². The van der Waals surface area contributed by atoms with Crippen LogP contribution in [0.2, 0.25) is 0 Å². The predicted octanol–water partition coefficient (Wildman–Crippen LogP) is 3.09. The Balaban J connectivity index is 4.11. The van der Waals surface area contributed by atoms with Crippen LogP contribution in [-0.4, -0.2) is 12.1 Å². The van der Waals surface area contributed by atoms with Gasteiger partial charge in [0.05, 0.1) is 6.07 Å². The summed E-state index contributed by atoms with van der Waals surface area (Å²) < 4.78 is 0. The van der Waals surface area contributed by atoms with Crippen molar-refractivity contribution in [1.29, 1.82) is 5.26 Å². The van der Waals surface area contributed by atoms with Gasteiger partial charge in [0.1, 0.15) is 5.54 Å². The average Bonchev–Trinajstić information content (AvgIpc) is 2.18. The van der Waals surface area contributed by atoms with E-state index in [0.717, 1.165) is 25.8 Å². The molecule has 0 heterocycles. The van der Waals surface area contributed by atoms with Crippen molar-refractivity contribution in [3.63, 3.8) is 0 Å². The molecule has 14 heavy (non-hydrogen) atoms. The van der Waals surface area contributed by atoms with Crippen LogP contribution >= 0.6 is 0 Å². The van der Waals surface area contributed by atoms with Crippen molar-refractivity contribution in [2.45, 2.75) is 58.9 Å². The van der Waals surface area contributed by atoms with E-state index in [9.17, 15) is 0 Å². The highest BCUT2D eigenvalue weighted by atomic mass is 15.0. The smallest absolute Gasteiger partial charge is 0.106 e. The molecule has 0 radical (unpaired) electrons. The fraction of sp³-hybridized carbons (Fsp3) is 0.917. The van der Waals surface area contributed by atoms with Crippen LogP contribution in [-0.2, 0) is 0 Å². The van der Waals surface area contributed by atoms with Crippen molar-refractivity contribution in [2.75, 3.05) is 6.54 Å². The van der Waals surface area contributed by atoms with Crippen LogP contribution in [0.4, 0.5) is 0 Å². The fourth-order valence-electron chi connectivity index (χ4n) is 1.57. The Labute approximate surface area is 88.7 Å². The molecule has 0 fully saturated rings. The predicted molar refractivity (Wildman–Crippen MR) is 61.0 cm³/mol. The highest BCUT2D eigenvalue weighted by Crippen LogP contribution is 2.20. The molecule has 0 aliphatic rings. The molecule has 0 spiro atoms. The van der Waals surface area contributed by atoms with Crippen molar-refractivity contribution in [2.24, 2.45) is 5.92 Å². The van der Waals surface area contributed by atoms with Crippen LogP contribution in [0.15, 0.2) is 0 Å². The summed E-state index contributed by atoms with van der Waals surface area (Å²) in [7, 11) is 0. The SMILES string of the molecule is CCCCNC(C)(C#N)C(C)CCC. The van der Waals surface area contributed by atoms with Gasteiger partial charge in [-0.25, -0.2) is 0 Å². The van der Waals surface area contributed by atoms with Gasteiger partial charge in [-0.05, 0) is 32.2 Å². The Morgan fingerprint density at radius 3 is 2.43 bits per heavy atom. The van der Waals surface area contributed by atoms with Gasteiger partial charge in [-0.3, -0.25) is 5.32 Å². The third-order valence-electron chi connectivity index (χ3n) is 2.96. The molecule has 0 aromatic heterocycles. The number of hydrogen-bond donors (Lipinski definition) is 1. The van der Waals surface area contributed by atoms with E-state index in [-0.39, 0.29) is 5.54 Å². The van der Waals surface area contributed by atoms with E-state index in [1.807, 2.05) is 6.92 Å². The second kappa shape index (κ2) is 6.84. The Morgan fingerprint density at radius 1 is 1.36 bits per heavy atom. The third-order valence-corrected chi connectivity index (χ3v) is 2.96. The van der Waals surface area contributed by atoms with E-state index in [0.29, 0.717) is 5.92 Å². The number of hydrogen-bond acceptors (Lipinski definition) is 2. The first-order valence-corrected chi connectivity index (χ1v) is 5.77. The van der Waals surface area contributed by atoms with Crippen LogP contribution in [0.25, 0.3) is 0 Å². The molecule has 0 aromatic carbocycles. The zero-order valence-corrected chi connectivity index (χ0v) is 10.1. The summed E-state index contributed by atoms with van der Waals surface area (Å²) in [5.74, 6) is 0.425. The standard InChI is InChI=1S/C12H24N2/c1-5-7-9-14-12(4,10-13)11(3)8-6-2/h11,14H,5-9H2,1-4H3. The second-order valence-electron chi connectivity index (χ2n) is 4.28. The lowest BCUT2D eigenvalue weighted by Gasteiger charge is -2.30. The molecular weight excluding hydrogens is 172 g/mol. The molecule has 0 amide bonds. The summed E-state index contributed by atoms with van der Waals surface area (Å²) in [6.45, 7) is 9.46. The van der Waals surface area contributed by atoms with Crippen molar-refractivity contribution >= 4 is 0 Å². The number of nitrogens with one attached hydrogen (secondary N) is 1. The molecule has 0 aliphatic heterocycles. The Kier molecular flexibility index (Phi) is 6.57. The first-order chi connectivity index (χ1) is 6.60. The van der Waals surface area contributed by atoms with Gasteiger partial charge in [-0.2, -0.15) is 5.26 Å². The maximum absolute atomic E-state index is 9.17. The molecule has 0 saturated heterocycles. The van der Waals surface area contributed by atoms with Crippen LogP contribution < -0.4 is 5.32 Å². The lowest BCUT2D eigenvalue weighted by molar-refractivity contribution is 0.298. The van der Waals surface area contributed by atoms with E-state index in [2.05, 4.69) is 32.2 Å². The molecule has 0 aromatic rings. The molecule has 2 atom stereocenters. The lowest BCUT2D eigenvalue weighted by atomic mass is 9.85. The zero-order valence-electron chi connectivity index (χ0n) is 10.1. The van der Waals surface area contributed by atoms with E-state index in [1.165, 1.54) is 6.42 Å². The van der Waals surface area contributed by atoms with Gasteiger partial charge in [0.15, 0.2) is 0 Å². The highest BCUT2D eigenvalue weighted by Gasteiger charge is 2.29. The summed E-state index contributed by atoms with van der Waals surface area (Å²) >= 11 is 0. The number of nitrogens with zero attached hydrogens (tertiary/aromatic N) is 1. The summed E-state index contributed by atoms with van der Waals surface area (Å²) in [5.41, 5.74) is -0.342. The molecule has 0 rings (SSSR count). The van der Waals surface area contributed by atoms with Crippen LogP contribution in [0.1, 0.15) is 53.4 Å². The quantitative estimate of drug-likeness (QED) is 0.635. The summed E-state index contributed by atoms with van der Waals surface area (Å²) in [6.07, 6.45) is 4.59. The van der Waals surface area contributed by atoms with Crippen molar-refractivity contribution in [3.8, 4) is 6.07 Å². The zero-order chi connectivity index (χ0) is 11.0. The molecule has 2 unspecified atom stereocenters.